The first-order valence-electron chi connectivity index (χ1n) is 10.1. The smallest absolute Gasteiger partial charge is 0.193 e. The number of nitrogens with zero attached hydrogens (tertiary/aromatic N) is 8. The van der Waals surface area contributed by atoms with Crippen LogP contribution in [0.2, 0.25) is 10.2 Å². The minimum absolute atomic E-state index is 0.0306. The first-order valence-corrected chi connectivity index (χ1v) is 10.9. The molecule has 0 N–H and O–H groups in total. The molecule has 4 heterocycles. The van der Waals surface area contributed by atoms with E-state index in [0.717, 1.165) is 29.7 Å². The number of hydrogen-bond acceptors (Lipinski definition) is 7. The number of rotatable bonds is 7. The van der Waals surface area contributed by atoms with Crippen molar-refractivity contribution in [1.29, 1.82) is 0 Å². The number of carbonyl (C=O) groups excluding carboxylic acids is 1. The van der Waals surface area contributed by atoms with Crippen LogP contribution in [0.25, 0.3) is 11.5 Å². The molecule has 0 unspecified atom stereocenters. The Morgan fingerprint density at radius 2 is 1.84 bits per heavy atom. The summed E-state index contributed by atoms with van der Waals surface area (Å²) in [5.74, 6) is 0.449. The summed E-state index contributed by atoms with van der Waals surface area (Å²) in [6.45, 7) is 0. The largest absolute Gasteiger partial charge is 0.299 e. The molecule has 1 saturated carbocycles. The monoisotopic (exact) mass is 470 g/mol. The average Bonchev–Trinajstić information content (AvgIpc) is 3.18. The van der Waals surface area contributed by atoms with Crippen LogP contribution in [0.3, 0.4) is 0 Å². The molecule has 4 aromatic rings. The SMILES string of the molecule is CN(C)C1(c2c(CC(=O)Cc3cnc(-n4nccn4)c(Cl)c3)cnc3cc(Cl)nn23)CC1. The number of fused-ring (bicyclic) bond motifs is 1. The van der Waals surface area contributed by atoms with E-state index in [9.17, 15) is 4.79 Å². The molecule has 0 spiro atoms. The zero-order valence-corrected chi connectivity index (χ0v) is 19.0. The van der Waals surface area contributed by atoms with Gasteiger partial charge in [-0.3, -0.25) is 9.69 Å². The topological polar surface area (TPSA) is 94.1 Å². The summed E-state index contributed by atoms with van der Waals surface area (Å²) in [6, 6.07) is 3.45. The van der Waals surface area contributed by atoms with Crippen LogP contribution in [-0.4, -0.2) is 59.4 Å². The number of hydrogen-bond donors (Lipinski definition) is 0. The summed E-state index contributed by atoms with van der Waals surface area (Å²) in [5.41, 5.74) is 3.06. The fourth-order valence-corrected chi connectivity index (χ4v) is 4.56. The highest BCUT2D eigenvalue weighted by atomic mass is 35.5. The Balaban J connectivity index is 1.43. The number of aromatic nitrogens is 7. The number of ketones is 1. The Bertz CT molecular complexity index is 1310. The van der Waals surface area contributed by atoms with Gasteiger partial charge in [0.2, 0.25) is 0 Å². The lowest BCUT2D eigenvalue weighted by atomic mass is 9.98. The normalized spacial score (nSPS) is 14.9. The molecule has 0 aliphatic heterocycles. The predicted molar refractivity (Wildman–Crippen MR) is 119 cm³/mol. The standard InChI is InChI=1S/C21H20Cl2N8O/c1-29(2)21(3-4-21)19-14(12-24-18-10-17(23)28-30(18)19)9-15(32)7-13-8-16(22)20(25-11-13)31-26-5-6-27-31/h5-6,8,10-12H,3-4,7,9H2,1-2H3. The summed E-state index contributed by atoms with van der Waals surface area (Å²) >= 11 is 12.5. The fourth-order valence-electron chi connectivity index (χ4n) is 4.12. The Morgan fingerprint density at radius 3 is 2.50 bits per heavy atom. The minimum Gasteiger partial charge on any atom is -0.299 e. The number of halogens is 2. The first kappa shape index (κ1) is 21.0. The summed E-state index contributed by atoms with van der Waals surface area (Å²) in [7, 11) is 4.08. The van der Waals surface area contributed by atoms with Crippen molar-refractivity contribution in [3.63, 3.8) is 0 Å². The van der Waals surface area contributed by atoms with Crippen LogP contribution < -0.4 is 0 Å². The Hall–Kier alpha value is -2.88. The first-order chi connectivity index (χ1) is 15.4. The third-order valence-corrected chi connectivity index (χ3v) is 6.29. The van der Waals surface area contributed by atoms with Crippen molar-refractivity contribution >= 4 is 34.6 Å². The third-order valence-electron chi connectivity index (χ3n) is 5.83. The highest BCUT2D eigenvalue weighted by Gasteiger charge is 2.50. The molecule has 164 valence electrons. The van der Waals surface area contributed by atoms with Crippen LogP contribution in [0.4, 0.5) is 0 Å². The highest BCUT2D eigenvalue weighted by Crippen LogP contribution is 2.50. The molecule has 1 fully saturated rings. The molecular weight excluding hydrogens is 451 g/mol. The molecule has 0 bridgehead atoms. The van der Waals surface area contributed by atoms with E-state index in [1.165, 1.54) is 4.80 Å². The maximum atomic E-state index is 13.0. The second-order valence-electron chi connectivity index (χ2n) is 8.15. The van der Waals surface area contributed by atoms with Crippen LogP contribution in [0.15, 0.2) is 36.9 Å². The van der Waals surface area contributed by atoms with Crippen molar-refractivity contribution in [2.24, 2.45) is 0 Å². The van der Waals surface area contributed by atoms with E-state index in [1.807, 2.05) is 14.1 Å². The van der Waals surface area contributed by atoms with Gasteiger partial charge >= 0.3 is 0 Å². The zero-order valence-electron chi connectivity index (χ0n) is 17.5. The molecule has 1 aliphatic rings. The van der Waals surface area contributed by atoms with Crippen LogP contribution in [-0.2, 0) is 23.2 Å². The summed E-state index contributed by atoms with van der Waals surface area (Å²) < 4.78 is 1.78. The lowest BCUT2D eigenvalue weighted by Crippen LogP contribution is -2.32. The third kappa shape index (κ3) is 3.66. The molecule has 11 heteroatoms. The molecule has 9 nitrogen and oxygen atoms in total. The summed E-state index contributed by atoms with van der Waals surface area (Å²) in [4.78, 5) is 25.3. The van der Waals surface area contributed by atoms with Crippen molar-refractivity contribution in [3.8, 4) is 5.82 Å². The zero-order chi connectivity index (χ0) is 22.5. The Labute approximate surface area is 194 Å². The van der Waals surface area contributed by atoms with E-state index in [2.05, 4.69) is 30.2 Å². The quantitative estimate of drug-likeness (QED) is 0.409. The maximum Gasteiger partial charge on any atom is 0.193 e. The molecular formula is C21H20Cl2N8O. The lowest BCUT2D eigenvalue weighted by Gasteiger charge is -2.26. The van der Waals surface area contributed by atoms with Gasteiger partial charge in [0, 0.05) is 36.9 Å². The van der Waals surface area contributed by atoms with Gasteiger partial charge in [0.1, 0.15) is 5.78 Å². The minimum atomic E-state index is -0.171. The van der Waals surface area contributed by atoms with Gasteiger partial charge in [0.05, 0.1) is 28.6 Å². The number of Topliss-reactive ketones (excluding diaryl/α,β-unsaturated/α-hetero) is 1. The van der Waals surface area contributed by atoms with Crippen LogP contribution in [0.1, 0.15) is 29.7 Å². The Kier molecular flexibility index (Phi) is 5.19. The summed E-state index contributed by atoms with van der Waals surface area (Å²) in [6.07, 6.45) is 8.88. The molecule has 0 saturated heterocycles. The van der Waals surface area contributed by atoms with Gasteiger partial charge in [-0.05, 0) is 38.6 Å². The average molecular weight is 471 g/mol. The maximum absolute atomic E-state index is 13.0. The van der Waals surface area contributed by atoms with Crippen molar-refractivity contribution in [3.05, 3.63) is 63.9 Å². The van der Waals surface area contributed by atoms with Crippen molar-refractivity contribution in [1.82, 2.24) is 39.5 Å². The lowest BCUT2D eigenvalue weighted by molar-refractivity contribution is -0.117. The van der Waals surface area contributed by atoms with E-state index in [-0.39, 0.29) is 24.2 Å². The van der Waals surface area contributed by atoms with Crippen molar-refractivity contribution < 1.29 is 4.79 Å². The number of pyridine rings is 1. The molecule has 0 aromatic carbocycles. The van der Waals surface area contributed by atoms with Crippen molar-refractivity contribution in [2.75, 3.05) is 14.1 Å². The van der Waals surface area contributed by atoms with E-state index < -0.39 is 0 Å². The summed E-state index contributed by atoms with van der Waals surface area (Å²) in [5, 5.41) is 13.3. The van der Waals surface area contributed by atoms with Gasteiger partial charge in [-0.2, -0.15) is 15.3 Å². The fraction of sp³-hybridized carbons (Fsp3) is 0.333. The predicted octanol–water partition coefficient (Wildman–Crippen LogP) is 2.92. The van der Waals surface area contributed by atoms with Gasteiger partial charge in [-0.15, -0.1) is 4.80 Å². The molecule has 0 amide bonds. The van der Waals surface area contributed by atoms with E-state index in [1.54, 1.807) is 41.4 Å². The van der Waals surface area contributed by atoms with Crippen LogP contribution >= 0.6 is 23.2 Å². The molecule has 32 heavy (non-hydrogen) atoms. The van der Waals surface area contributed by atoms with Crippen molar-refractivity contribution in [2.45, 2.75) is 31.2 Å². The second-order valence-corrected chi connectivity index (χ2v) is 8.95. The van der Waals surface area contributed by atoms with E-state index in [4.69, 9.17) is 23.2 Å². The van der Waals surface area contributed by atoms with E-state index in [0.29, 0.717) is 21.6 Å². The Morgan fingerprint density at radius 1 is 1.09 bits per heavy atom. The van der Waals surface area contributed by atoms with Gasteiger partial charge in [0.15, 0.2) is 16.6 Å². The van der Waals surface area contributed by atoms with Crippen LogP contribution in [0, 0.1) is 0 Å². The van der Waals surface area contributed by atoms with Crippen LogP contribution in [0.5, 0.6) is 0 Å². The van der Waals surface area contributed by atoms with Gasteiger partial charge in [0.25, 0.3) is 0 Å². The number of carbonyl (C=O) groups is 1. The molecule has 0 radical (unpaired) electrons. The molecule has 0 atom stereocenters. The van der Waals surface area contributed by atoms with E-state index >= 15 is 0 Å². The molecule has 5 rings (SSSR count). The molecule has 1 aliphatic carbocycles. The van der Waals surface area contributed by atoms with Gasteiger partial charge in [-0.1, -0.05) is 23.2 Å². The second kappa shape index (κ2) is 7.91. The van der Waals surface area contributed by atoms with Gasteiger partial charge < -0.3 is 0 Å². The molecule has 4 aromatic heterocycles. The highest BCUT2D eigenvalue weighted by molar-refractivity contribution is 6.32. The van der Waals surface area contributed by atoms with Gasteiger partial charge in [-0.25, -0.2) is 14.5 Å².